The smallest absolute Gasteiger partial charge is 0.328 e. The van der Waals surface area contributed by atoms with Gasteiger partial charge in [-0.2, -0.15) is 0 Å². The van der Waals surface area contributed by atoms with Gasteiger partial charge in [-0.15, -0.1) is 0 Å². The number of benzene rings is 1. The Balaban J connectivity index is 2.25. The summed E-state index contributed by atoms with van der Waals surface area (Å²) in [5, 5.41) is 0. The third-order valence-corrected chi connectivity index (χ3v) is 3.19. The first-order chi connectivity index (χ1) is 8.67. The molecule has 0 spiro atoms. The van der Waals surface area contributed by atoms with Gasteiger partial charge in [0, 0.05) is 18.3 Å². The fraction of sp³-hybridized carbons (Fsp3) is 0.462. The van der Waals surface area contributed by atoms with Crippen LogP contribution in [0.15, 0.2) is 18.2 Å². The van der Waals surface area contributed by atoms with Crippen molar-refractivity contribution in [1.29, 1.82) is 0 Å². The van der Waals surface area contributed by atoms with E-state index in [2.05, 4.69) is 0 Å². The summed E-state index contributed by atoms with van der Waals surface area (Å²) in [4.78, 5) is 13.5. The first kappa shape index (κ1) is 12.7. The Bertz CT molecular complexity index is 450. The number of methoxy groups -OCH3 is 2. The molecule has 1 aromatic carbocycles. The number of hydrogen-bond donors (Lipinski definition) is 0. The second kappa shape index (κ2) is 5.25. The molecule has 0 aromatic heterocycles. The van der Waals surface area contributed by atoms with Crippen LogP contribution in [-0.4, -0.2) is 32.8 Å². The van der Waals surface area contributed by atoms with Crippen molar-refractivity contribution in [1.82, 2.24) is 0 Å². The second-order valence-electron chi connectivity index (χ2n) is 4.19. The molecule has 2 rings (SSSR count). The summed E-state index contributed by atoms with van der Waals surface area (Å²) in [7, 11) is 2.79. The number of anilines is 1. The van der Waals surface area contributed by atoms with E-state index in [1.807, 2.05) is 4.90 Å². The maximum absolute atomic E-state index is 13.6. The van der Waals surface area contributed by atoms with Crippen LogP contribution in [-0.2, 0) is 9.53 Å². The third kappa shape index (κ3) is 2.25. The monoisotopic (exact) mass is 253 g/mol. The van der Waals surface area contributed by atoms with Crippen molar-refractivity contribution in [2.24, 2.45) is 0 Å². The highest BCUT2D eigenvalue weighted by Crippen LogP contribution is 2.29. The van der Waals surface area contributed by atoms with Crippen LogP contribution in [0.3, 0.4) is 0 Å². The van der Waals surface area contributed by atoms with Gasteiger partial charge in [-0.1, -0.05) is 0 Å². The number of carbonyl (C=O) groups excluding carboxylic acids is 1. The van der Waals surface area contributed by atoms with Gasteiger partial charge in [0.15, 0.2) is 11.6 Å². The zero-order valence-corrected chi connectivity index (χ0v) is 10.5. The normalized spacial score (nSPS) is 18.8. The molecule has 1 aliphatic rings. The molecular formula is C13H16FNO3. The maximum atomic E-state index is 13.6. The number of carbonyl (C=O) groups is 1. The third-order valence-electron chi connectivity index (χ3n) is 3.19. The SMILES string of the molecule is COC(=O)C1CCCN1c1ccc(OC)c(F)c1. The Kier molecular flexibility index (Phi) is 3.69. The minimum Gasteiger partial charge on any atom is -0.494 e. The molecule has 1 fully saturated rings. The highest BCUT2D eigenvalue weighted by Gasteiger charge is 2.31. The van der Waals surface area contributed by atoms with Gasteiger partial charge >= 0.3 is 5.97 Å². The van der Waals surface area contributed by atoms with Crippen LogP contribution in [0.5, 0.6) is 5.75 Å². The average Bonchev–Trinajstić information content (AvgIpc) is 2.86. The summed E-state index contributed by atoms with van der Waals surface area (Å²) < 4.78 is 23.3. The van der Waals surface area contributed by atoms with E-state index < -0.39 is 5.82 Å². The first-order valence-corrected chi connectivity index (χ1v) is 5.85. The predicted octanol–water partition coefficient (Wildman–Crippen LogP) is 1.98. The van der Waals surface area contributed by atoms with Gasteiger partial charge in [-0.05, 0) is 25.0 Å². The Morgan fingerprint density at radius 3 is 2.83 bits per heavy atom. The van der Waals surface area contributed by atoms with Crippen molar-refractivity contribution >= 4 is 11.7 Å². The van der Waals surface area contributed by atoms with Crippen molar-refractivity contribution in [3.05, 3.63) is 24.0 Å². The maximum Gasteiger partial charge on any atom is 0.328 e. The number of halogens is 1. The van der Waals surface area contributed by atoms with Gasteiger partial charge in [-0.3, -0.25) is 0 Å². The molecule has 1 aliphatic heterocycles. The van der Waals surface area contributed by atoms with Crippen LogP contribution in [0.1, 0.15) is 12.8 Å². The van der Waals surface area contributed by atoms with Crippen molar-refractivity contribution in [3.8, 4) is 5.75 Å². The van der Waals surface area contributed by atoms with E-state index in [-0.39, 0.29) is 17.8 Å². The van der Waals surface area contributed by atoms with Gasteiger partial charge in [0.2, 0.25) is 0 Å². The summed E-state index contributed by atoms with van der Waals surface area (Å²) in [6.07, 6.45) is 1.63. The number of esters is 1. The Morgan fingerprint density at radius 2 is 2.22 bits per heavy atom. The van der Waals surface area contributed by atoms with Crippen molar-refractivity contribution in [2.75, 3.05) is 25.7 Å². The summed E-state index contributed by atoms with van der Waals surface area (Å²) in [5.41, 5.74) is 0.682. The van der Waals surface area contributed by atoms with Crippen LogP contribution >= 0.6 is 0 Å². The van der Waals surface area contributed by atoms with Gasteiger partial charge < -0.3 is 14.4 Å². The quantitative estimate of drug-likeness (QED) is 0.772. The summed E-state index contributed by atoms with van der Waals surface area (Å²) >= 11 is 0. The molecule has 1 heterocycles. The van der Waals surface area contributed by atoms with Crippen LogP contribution in [0.4, 0.5) is 10.1 Å². The zero-order valence-electron chi connectivity index (χ0n) is 10.5. The summed E-state index contributed by atoms with van der Waals surface area (Å²) in [6, 6.07) is 4.39. The molecule has 1 saturated heterocycles. The van der Waals surface area contributed by atoms with Crippen LogP contribution in [0, 0.1) is 5.82 Å². The lowest BCUT2D eigenvalue weighted by molar-refractivity contribution is -0.141. The van der Waals surface area contributed by atoms with E-state index in [1.165, 1.54) is 20.3 Å². The molecule has 1 atom stereocenters. The number of ether oxygens (including phenoxy) is 2. The molecule has 98 valence electrons. The van der Waals surface area contributed by atoms with Crippen LogP contribution < -0.4 is 9.64 Å². The topological polar surface area (TPSA) is 38.8 Å². The molecule has 0 bridgehead atoms. The zero-order chi connectivity index (χ0) is 13.1. The van der Waals surface area contributed by atoms with Crippen molar-refractivity contribution < 1.29 is 18.7 Å². The van der Waals surface area contributed by atoms with E-state index >= 15 is 0 Å². The standard InChI is InChI=1S/C13H16FNO3/c1-17-12-6-5-9(8-10(12)14)15-7-3-4-11(15)13(16)18-2/h5-6,8,11H,3-4,7H2,1-2H3. The van der Waals surface area contributed by atoms with Gasteiger partial charge in [0.1, 0.15) is 6.04 Å². The molecule has 0 N–H and O–H groups in total. The van der Waals surface area contributed by atoms with Gasteiger partial charge in [-0.25, -0.2) is 9.18 Å². The fourth-order valence-electron chi connectivity index (χ4n) is 2.29. The highest BCUT2D eigenvalue weighted by molar-refractivity contribution is 5.80. The second-order valence-corrected chi connectivity index (χ2v) is 4.19. The first-order valence-electron chi connectivity index (χ1n) is 5.85. The molecule has 0 aliphatic carbocycles. The van der Waals surface area contributed by atoms with E-state index in [0.717, 1.165) is 19.4 Å². The highest BCUT2D eigenvalue weighted by atomic mass is 19.1. The number of nitrogens with zero attached hydrogens (tertiary/aromatic N) is 1. The van der Waals surface area contributed by atoms with E-state index in [9.17, 15) is 9.18 Å². The Morgan fingerprint density at radius 1 is 1.44 bits per heavy atom. The average molecular weight is 253 g/mol. The largest absolute Gasteiger partial charge is 0.494 e. The number of rotatable bonds is 3. The lowest BCUT2D eigenvalue weighted by atomic mass is 10.2. The van der Waals surface area contributed by atoms with Crippen molar-refractivity contribution in [3.63, 3.8) is 0 Å². The minimum atomic E-state index is -0.425. The van der Waals surface area contributed by atoms with E-state index in [0.29, 0.717) is 5.69 Å². The minimum absolute atomic E-state index is 0.201. The molecule has 0 amide bonds. The van der Waals surface area contributed by atoms with Gasteiger partial charge in [0.05, 0.1) is 14.2 Å². The van der Waals surface area contributed by atoms with Crippen LogP contribution in [0.25, 0.3) is 0 Å². The van der Waals surface area contributed by atoms with E-state index in [1.54, 1.807) is 12.1 Å². The molecule has 1 unspecified atom stereocenters. The van der Waals surface area contributed by atoms with Crippen molar-refractivity contribution in [2.45, 2.75) is 18.9 Å². The molecule has 4 nitrogen and oxygen atoms in total. The fourth-order valence-corrected chi connectivity index (χ4v) is 2.29. The Labute approximate surface area is 105 Å². The molecular weight excluding hydrogens is 237 g/mol. The van der Waals surface area contributed by atoms with Crippen LogP contribution in [0.2, 0.25) is 0 Å². The lowest BCUT2D eigenvalue weighted by Crippen LogP contribution is -2.36. The molecule has 18 heavy (non-hydrogen) atoms. The van der Waals surface area contributed by atoms with E-state index in [4.69, 9.17) is 9.47 Å². The molecule has 5 heteroatoms. The predicted molar refractivity (Wildman–Crippen MR) is 65.3 cm³/mol. The van der Waals surface area contributed by atoms with Gasteiger partial charge in [0.25, 0.3) is 0 Å². The number of hydrogen-bond acceptors (Lipinski definition) is 4. The lowest BCUT2D eigenvalue weighted by Gasteiger charge is -2.25. The Hall–Kier alpha value is -1.78. The molecule has 0 radical (unpaired) electrons. The molecule has 1 aromatic rings. The summed E-state index contributed by atoms with van der Waals surface area (Å²) in [6.45, 7) is 0.728. The molecule has 0 saturated carbocycles. The summed E-state index contributed by atoms with van der Waals surface area (Å²) in [5.74, 6) is -0.498.